The average molecular weight is 793 g/mol. The molecule has 2 aromatic carbocycles. The number of alkyl halides is 1. The molecule has 11 nitrogen and oxygen atoms in total. The van der Waals surface area contributed by atoms with E-state index in [-0.39, 0.29) is 96.7 Å². The lowest BCUT2D eigenvalue weighted by Gasteiger charge is -2.34. The normalized spacial score (nSPS) is 30.0. The number of nitrogen functional groups attached to an aromatic ring is 1. The Balaban J connectivity index is 1.10. The molecule has 5 fully saturated rings. The first-order valence-corrected chi connectivity index (χ1v) is 20.4. The van der Waals surface area contributed by atoms with E-state index in [0.29, 0.717) is 63.1 Å². The van der Waals surface area contributed by atoms with Gasteiger partial charge in [-0.3, -0.25) is 15.0 Å². The molecule has 0 radical (unpaired) electrons. The van der Waals surface area contributed by atoms with Crippen LogP contribution in [0.3, 0.4) is 0 Å². The van der Waals surface area contributed by atoms with Crippen LogP contribution in [-0.4, -0.2) is 101 Å². The SMILES string of the molecule is CC1CC1C1N[C@H]1C(=O)N1CCC2CCOc3c(Cl)c(-c4ccc(F)c5sc(N)c(C#N)c45)c(F)c4nc(OC[C@@]56CCCN5C[C@H](F)C6)nc(c34)N2CC1. The lowest BCUT2D eigenvalue weighted by atomic mass is 9.95. The highest BCUT2D eigenvalue weighted by molar-refractivity contribution is 7.23. The van der Waals surface area contributed by atoms with Crippen LogP contribution in [0.1, 0.15) is 51.0 Å². The molecular formula is C39H40ClF3N8O3S. The number of nitriles is 1. The van der Waals surface area contributed by atoms with Crippen molar-refractivity contribution in [3.05, 3.63) is 34.4 Å². The molecule has 1 amide bonds. The van der Waals surface area contributed by atoms with Gasteiger partial charge in [-0.1, -0.05) is 24.6 Å². The Hall–Kier alpha value is -4.10. The molecule has 0 bridgehead atoms. The zero-order valence-electron chi connectivity index (χ0n) is 30.2. The molecule has 7 atom stereocenters. The number of nitrogens with two attached hydrogens (primary N) is 1. The molecule has 4 unspecified atom stereocenters. The van der Waals surface area contributed by atoms with Crippen LogP contribution in [-0.2, 0) is 4.79 Å². The van der Waals surface area contributed by atoms with E-state index >= 15 is 8.78 Å². The number of rotatable bonds is 6. The zero-order valence-corrected chi connectivity index (χ0v) is 31.8. The molecule has 5 aliphatic heterocycles. The van der Waals surface area contributed by atoms with Crippen LogP contribution < -0.4 is 25.4 Å². The molecule has 1 saturated carbocycles. The fourth-order valence-corrected chi connectivity index (χ4v) is 11.2. The maximum absolute atomic E-state index is 17.5. The largest absolute Gasteiger partial charge is 0.491 e. The monoisotopic (exact) mass is 792 g/mol. The van der Waals surface area contributed by atoms with E-state index in [1.807, 2.05) is 4.90 Å². The van der Waals surface area contributed by atoms with Gasteiger partial charge in [-0.25, -0.2) is 13.2 Å². The van der Waals surface area contributed by atoms with Crippen molar-refractivity contribution in [3.63, 3.8) is 0 Å². The predicted octanol–water partition coefficient (Wildman–Crippen LogP) is 6.04. The van der Waals surface area contributed by atoms with Crippen LogP contribution in [0, 0.1) is 34.8 Å². The maximum atomic E-state index is 17.5. The highest BCUT2D eigenvalue weighted by atomic mass is 35.5. The van der Waals surface area contributed by atoms with Crippen molar-refractivity contribution >= 4 is 60.7 Å². The first kappa shape index (κ1) is 35.3. The molecule has 16 heteroatoms. The van der Waals surface area contributed by atoms with Crippen LogP contribution >= 0.6 is 22.9 Å². The summed E-state index contributed by atoms with van der Waals surface area (Å²) in [6, 6.07) is 4.52. The third-order valence-corrected chi connectivity index (χ3v) is 14.3. The summed E-state index contributed by atoms with van der Waals surface area (Å²) in [4.78, 5) is 29.5. The van der Waals surface area contributed by atoms with E-state index in [9.17, 15) is 14.4 Å². The van der Waals surface area contributed by atoms with Crippen molar-refractivity contribution in [2.24, 2.45) is 11.8 Å². The second-order valence-electron chi connectivity index (χ2n) is 16.1. The van der Waals surface area contributed by atoms with Crippen molar-refractivity contribution in [3.8, 4) is 29.0 Å². The number of anilines is 2. The first-order chi connectivity index (χ1) is 26.6. The fourth-order valence-electron chi connectivity index (χ4n) is 9.91. The van der Waals surface area contributed by atoms with Gasteiger partial charge in [-0.2, -0.15) is 15.2 Å². The number of ether oxygens (including phenoxy) is 2. The minimum Gasteiger partial charge on any atom is -0.491 e. The Morgan fingerprint density at radius 3 is 2.85 bits per heavy atom. The molecule has 10 rings (SSSR count). The Labute approximate surface area is 324 Å². The van der Waals surface area contributed by atoms with Crippen LogP contribution in [0.5, 0.6) is 11.8 Å². The number of thiophene rings is 1. The number of aromatic nitrogens is 2. The van der Waals surface area contributed by atoms with E-state index in [1.54, 1.807) is 0 Å². The van der Waals surface area contributed by atoms with Gasteiger partial charge < -0.3 is 25.0 Å². The van der Waals surface area contributed by atoms with Crippen molar-refractivity contribution in [1.82, 2.24) is 25.1 Å². The molecule has 55 heavy (non-hydrogen) atoms. The van der Waals surface area contributed by atoms with Crippen LogP contribution in [0.2, 0.25) is 5.02 Å². The quantitative estimate of drug-likeness (QED) is 0.222. The lowest BCUT2D eigenvalue weighted by molar-refractivity contribution is -0.130. The van der Waals surface area contributed by atoms with Crippen molar-refractivity contribution in [2.45, 2.75) is 75.3 Å². The Kier molecular flexibility index (Phi) is 8.33. The van der Waals surface area contributed by atoms with Crippen LogP contribution in [0.4, 0.5) is 24.0 Å². The van der Waals surface area contributed by atoms with Gasteiger partial charge in [0.1, 0.15) is 47.0 Å². The lowest BCUT2D eigenvalue weighted by Crippen LogP contribution is -2.43. The topological polar surface area (TPSA) is 143 Å². The number of halogens is 4. The second-order valence-corrected chi connectivity index (χ2v) is 17.6. The molecule has 288 valence electrons. The van der Waals surface area contributed by atoms with Crippen molar-refractivity contribution < 1.29 is 27.4 Å². The number of carbonyl (C=O) groups is 1. The van der Waals surface area contributed by atoms with Crippen LogP contribution in [0.25, 0.3) is 32.1 Å². The first-order valence-electron chi connectivity index (χ1n) is 19.2. The fraction of sp³-hybridized carbons (Fsp3) is 0.538. The number of hydrogen-bond donors (Lipinski definition) is 2. The molecule has 0 spiro atoms. The van der Waals surface area contributed by atoms with Crippen molar-refractivity contribution in [2.75, 3.05) is 56.6 Å². The third kappa shape index (κ3) is 5.61. The smallest absolute Gasteiger partial charge is 0.319 e. The van der Waals surface area contributed by atoms with E-state index in [2.05, 4.69) is 33.1 Å². The van der Waals surface area contributed by atoms with Gasteiger partial charge in [0, 0.05) is 62.1 Å². The predicted molar refractivity (Wildman–Crippen MR) is 203 cm³/mol. The van der Waals surface area contributed by atoms with E-state index in [1.165, 1.54) is 12.1 Å². The molecule has 4 aromatic rings. The minimum atomic E-state index is -0.967. The summed E-state index contributed by atoms with van der Waals surface area (Å²) in [6.07, 6.45) is 3.39. The summed E-state index contributed by atoms with van der Waals surface area (Å²) < 4.78 is 60.3. The molecular weight excluding hydrogens is 753 g/mol. The number of amides is 1. The average Bonchev–Trinajstić information content (AvgIpc) is 4.01. The summed E-state index contributed by atoms with van der Waals surface area (Å²) in [7, 11) is 0. The highest BCUT2D eigenvalue weighted by Crippen LogP contribution is 2.51. The Morgan fingerprint density at radius 2 is 2.05 bits per heavy atom. The Bertz CT molecular complexity index is 2320. The van der Waals surface area contributed by atoms with E-state index in [4.69, 9.17) is 31.8 Å². The number of nitrogens with zero attached hydrogens (tertiary/aromatic N) is 6. The zero-order chi connectivity index (χ0) is 37.9. The van der Waals surface area contributed by atoms with Gasteiger partial charge in [-0.05, 0) is 55.7 Å². The number of benzene rings is 2. The third-order valence-electron chi connectivity index (χ3n) is 13.0. The summed E-state index contributed by atoms with van der Waals surface area (Å²) in [5, 5.41) is 13.9. The number of carbonyl (C=O) groups excluding carboxylic acids is 1. The van der Waals surface area contributed by atoms with E-state index < -0.39 is 23.3 Å². The number of fused-ring (bicyclic) bond motifs is 4. The van der Waals surface area contributed by atoms with Gasteiger partial charge in [0.05, 0.1) is 32.8 Å². The van der Waals surface area contributed by atoms with Gasteiger partial charge in [-0.15, -0.1) is 11.3 Å². The van der Waals surface area contributed by atoms with Crippen LogP contribution in [0.15, 0.2) is 12.1 Å². The van der Waals surface area contributed by atoms with Gasteiger partial charge in [0.15, 0.2) is 11.6 Å². The van der Waals surface area contributed by atoms with E-state index in [0.717, 1.165) is 37.1 Å². The number of nitrogens with one attached hydrogen (secondary N) is 1. The van der Waals surface area contributed by atoms with Gasteiger partial charge >= 0.3 is 6.01 Å². The molecule has 1 aliphatic carbocycles. The number of hydrogen-bond acceptors (Lipinski definition) is 11. The molecule has 2 aromatic heterocycles. The van der Waals surface area contributed by atoms with Gasteiger partial charge in [0.2, 0.25) is 5.91 Å². The standard InChI is InChI=1S/C39H40ClF3N8O3S/c1-18-13-22(18)30-32(46-30)37(52)49-9-5-20-6-12-53-33-27-31(29(43)26(28(33)40)21-3-4-24(42)34-25(21)23(15-44)35(45)55-34)47-38(48-36(27)51(20)11-10-49)54-17-39-7-2-8-50(39)16-19(41)14-39/h3-4,18-20,22,30,32,46H,2,5-14,16-17,45H2,1H3/t18?,19-,20?,22?,30?,32-,39+/m1/s1. The molecule has 3 N–H and O–H groups in total. The summed E-state index contributed by atoms with van der Waals surface area (Å²) >= 11 is 8.06. The van der Waals surface area contributed by atoms with Crippen molar-refractivity contribution in [1.29, 1.82) is 5.26 Å². The molecule has 6 aliphatic rings. The van der Waals surface area contributed by atoms with Gasteiger partial charge in [0.25, 0.3) is 0 Å². The Morgan fingerprint density at radius 1 is 1.22 bits per heavy atom. The molecule has 7 heterocycles. The molecule has 4 saturated heterocycles. The summed E-state index contributed by atoms with van der Waals surface area (Å²) in [5.74, 6) is 0.397. The highest BCUT2D eigenvalue weighted by Gasteiger charge is 2.55. The summed E-state index contributed by atoms with van der Waals surface area (Å²) in [5.41, 5.74) is 5.60. The second kappa shape index (κ2) is 13.0. The minimum absolute atomic E-state index is 0.0232. The maximum Gasteiger partial charge on any atom is 0.319 e. The summed E-state index contributed by atoms with van der Waals surface area (Å²) in [6.45, 7) is 5.10.